The summed E-state index contributed by atoms with van der Waals surface area (Å²) in [6, 6.07) is 16.9. The topological polar surface area (TPSA) is 22.0 Å². The van der Waals surface area contributed by atoms with Gasteiger partial charge in [0.05, 0.1) is 0 Å². The minimum Gasteiger partial charge on any atom is -0.340 e. The SMILES string of the molecule is CCC(Cn1c2ccccc2c2ccccc21)C(C)=O. The lowest BCUT2D eigenvalue weighted by Gasteiger charge is -2.14. The van der Waals surface area contributed by atoms with Gasteiger partial charge < -0.3 is 4.57 Å². The van der Waals surface area contributed by atoms with Crippen molar-refractivity contribution < 1.29 is 4.79 Å². The third-order valence-electron chi connectivity index (χ3n) is 4.15. The lowest BCUT2D eigenvalue weighted by atomic mass is 10.0. The van der Waals surface area contributed by atoms with Gasteiger partial charge in [-0.05, 0) is 25.5 Å². The van der Waals surface area contributed by atoms with Crippen LogP contribution in [0.5, 0.6) is 0 Å². The molecule has 1 heterocycles. The number of rotatable bonds is 4. The molecule has 3 aromatic rings. The Labute approximate surface area is 119 Å². The number of aromatic nitrogens is 1. The molecule has 0 spiro atoms. The molecule has 20 heavy (non-hydrogen) atoms. The number of nitrogens with zero attached hydrogens (tertiary/aromatic N) is 1. The van der Waals surface area contributed by atoms with Gasteiger partial charge in [0.25, 0.3) is 0 Å². The number of carbonyl (C=O) groups excluding carboxylic acids is 1. The van der Waals surface area contributed by atoms with Crippen LogP contribution in [0.2, 0.25) is 0 Å². The largest absolute Gasteiger partial charge is 0.340 e. The van der Waals surface area contributed by atoms with Crippen LogP contribution < -0.4 is 0 Å². The van der Waals surface area contributed by atoms with Crippen LogP contribution >= 0.6 is 0 Å². The summed E-state index contributed by atoms with van der Waals surface area (Å²) in [4.78, 5) is 11.8. The number of benzene rings is 2. The van der Waals surface area contributed by atoms with Crippen molar-refractivity contribution in [3.8, 4) is 0 Å². The highest BCUT2D eigenvalue weighted by atomic mass is 16.1. The molecule has 0 amide bonds. The first kappa shape index (κ1) is 12.9. The van der Waals surface area contributed by atoms with Gasteiger partial charge in [-0.25, -0.2) is 0 Å². The summed E-state index contributed by atoms with van der Waals surface area (Å²) >= 11 is 0. The van der Waals surface area contributed by atoms with Crippen molar-refractivity contribution in [3.05, 3.63) is 48.5 Å². The van der Waals surface area contributed by atoms with Crippen molar-refractivity contribution in [3.63, 3.8) is 0 Å². The summed E-state index contributed by atoms with van der Waals surface area (Å²) in [6.07, 6.45) is 0.885. The van der Waals surface area contributed by atoms with E-state index in [4.69, 9.17) is 0 Å². The molecule has 2 aromatic carbocycles. The maximum Gasteiger partial charge on any atom is 0.134 e. The number of hydrogen-bond acceptors (Lipinski definition) is 1. The second-order valence-corrected chi connectivity index (χ2v) is 5.36. The predicted molar refractivity (Wildman–Crippen MR) is 83.9 cm³/mol. The summed E-state index contributed by atoms with van der Waals surface area (Å²) in [5.41, 5.74) is 2.43. The lowest BCUT2D eigenvalue weighted by Crippen LogP contribution is -2.17. The number of ketones is 1. The van der Waals surface area contributed by atoms with E-state index >= 15 is 0 Å². The van der Waals surface area contributed by atoms with E-state index in [0.717, 1.165) is 13.0 Å². The summed E-state index contributed by atoms with van der Waals surface area (Å²) in [5.74, 6) is 0.364. The zero-order valence-corrected chi connectivity index (χ0v) is 12.0. The van der Waals surface area contributed by atoms with Gasteiger partial charge in [-0.2, -0.15) is 0 Å². The smallest absolute Gasteiger partial charge is 0.134 e. The third-order valence-corrected chi connectivity index (χ3v) is 4.15. The van der Waals surface area contributed by atoms with E-state index in [-0.39, 0.29) is 11.7 Å². The Morgan fingerprint density at radius 3 is 1.95 bits per heavy atom. The van der Waals surface area contributed by atoms with Crippen LogP contribution in [0.25, 0.3) is 21.8 Å². The van der Waals surface area contributed by atoms with E-state index in [1.54, 1.807) is 6.92 Å². The Bertz CT molecular complexity index is 716. The Balaban J connectivity index is 2.23. The maximum absolute atomic E-state index is 11.8. The van der Waals surface area contributed by atoms with E-state index < -0.39 is 0 Å². The van der Waals surface area contributed by atoms with Gasteiger partial charge >= 0.3 is 0 Å². The summed E-state index contributed by atoms with van der Waals surface area (Å²) in [6.45, 7) is 4.54. The van der Waals surface area contributed by atoms with E-state index in [1.165, 1.54) is 21.8 Å². The van der Waals surface area contributed by atoms with E-state index in [0.29, 0.717) is 0 Å². The van der Waals surface area contributed by atoms with E-state index in [9.17, 15) is 4.79 Å². The van der Waals surface area contributed by atoms with Crippen LogP contribution in [0.1, 0.15) is 20.3 Å². The molecule has 0 saturated heterocycles. The zero-order chi connectivity index (χ0) is 14.1. The fraction of sp³-hybridized carbons (Fsp3) is 0.278. The van der Waals surface area contributed by atoms with Gasteiger partial charge in [-0.1, -0.05) is 43.3 Å². The minimum absolute atomic E-state index is 0.0919. The molecule has 0 fully saturated rings. The molecule has 2 heteroatoms. The van der Waals surface area contributed by atoms with Crippen molar-refractivity contribution in [2.45, 2.75) is 26.8 Å². The third kappa shape index (κ3) is 2.01. The Morgan fingerprint density at radius 1 is 1.00 bits per heavy atom. The van der Waals surface area contributed by atoms with Crippen molar-refractivity contribution in [1.82, 2.24) is 4.57 Å². The first-order valence-electron chi connectivity index (χ1n) is 7.18. The van der Waals surface area contributed by atoms with E-state index in [2.05, 4.69) is 60.0 Å². The van der Waals surface area contributed by atoms with Crippen LogP contribution in [0, 0.1) is 5.92 Å². The Kier molecular flexibility index (Phi) is 3.31. The van der Waals surface area contributed by atoms with Crippen LogP contribution in [0.15, 0.2) is 48.5 Å². The summed E-state index contributed by atoms with van der Waals surface area (Å²) in [5, 5.41) is 2.53. The van der Waals surface area contributed by atoms with Crippen molar-refractivity contribution in [1.29, 1.82) is 0 Å². The molecule has 0 aliphatic heterocycles. The standard InChI is InChI=1S/C18H19NO/c1-3-14(13(2)20)12-19-17-10-6-4-8-15(17)16-9-5-7-11-18(16)19/h4-11,14H,3,12H2,1-2H3. The van der Waals surface area contributed by atoms with Gasteiger partial charge in [-0.3, -0.25) is 4.79 Å². The van der Waals surface area contributed by atoms with Crippen LogP contribution in [0.3, 0.4) is 0 Å². The second kappa shape index (κ2) is 5.12. The molecule has 0 N–H and O–H groups in total. The van der Waals surface area contributed by atoms with Crippen LogP contribution in [-0.2, 0) is 11.3 Å². The molecular formula is C18H19NO. The fourth-order valence-electron chi connectivity index (χ4n) is 2.97. The molecule has 1 aromatic heterocycles. The van der Waals surface area contributed by atoms with Gasteiger partial charge in [0, 0.05) is 34.3 Å². The normalized spacial score (nSPS) is 12.9. The molecular weight excluding hydrogens is 246 g/mol. The van der Waals surface area contributed by atoms with Gasteiger partial charge in [0.1, 0.15) is 5.78 Å². The van der Waals surface area contributed by atoms with Crippen LogP contribution in [-0.4, -0.2) is 10.4 Å². The van der Waals surface area contributed by atoms with E-state index in [1.807, 2.05) is 0 Å². The van der Waals surface area contributed by atoms with Gasteiger partial charge in [-0.15, -0.1) is 0 Å². The molecule has 3 rings (SSSR count). The first-order valence-corrected chi connectivity index (χ1v) is 7.18. The number of fused-ring (bicyclic) bond motifs is 3. The average Bonchev–Trinajstić information content (AvgIpc) is 2.79. The minimum atomic E-state index is 0.0919. The summed E-state index contributed by atoms with van der Waals surface area (Å²) < 4.78 is 2.29. The first-order chi connectivity index (χ1) is 9.72. The fourth-order valence-corrected chi connectivity index (χ4v) is 2.97. The zero-order valence-electron chi connectivity index (χ0n) is 12.0. The van der Waals surface area contributed by atoms with Gasteiger partial charge in [0.15, 0.2) is 0 Å². The highest BCUT2D eigenvalue weighted by molar-refractivity contribution is 6.08. The predicted octanol–water partition coefficient (Wildman–Crippen LogP) is 4.41. The number of hydrogen-bond donors (Lipinski definition) is 0. The number of Topliss-reactive ketones (excluding diaryl/α,β-unsaturated/α-hetero) is 1. The van der Waals surface area contributed by atoms with Crippen LogP contribution in [0.4, 0.5) is 0 Å². The molecule has 1 unspecified atom stereocenters. The average molecular weight is 265 g/mol. The molecule has 0 radical (unpaired) electrons. The van der Waals surface area contributed by atoms with Crippen molar-refractivity contribution in [2.75, 3.05) is 0 Å². The number of carbonyl (C=O) groups is 1. The Morgan fingerprint density at radius 2 is 1.50 bits per heavy atom. The molecule has 0 aliphatic carbocycles. The lowest BCUT2D eigenvalue weighted by molar-refractivity contribution is -0.121. The van der Waals surface area contributed by atoms with Gasteiger partial charge in [0.2, 0.25) is 0 Å². The van der Waals surface area contributed by atoms with Crippen molar-refractivity contribution in [2.24, 2.45) is 5.92 Å². The highest BCUT2D eigenvalue weighted by Gasteiger charge is 2.16. The molecule has 0 bridgehead atoms. The Hall–Kier alpha value is -2.09. The van der Waals surface area contributed by atoms with Crippen molar-refractivity contribution >= 4 is 27.6 Å². The molecule has 0 aliphatic rings. The second-order valence-electron chi connectivity index (χ2n) is 5.36. The monoisotopic (exact) mass is 265 g/mol. The molecule has 2 nitrogen and oxygen atoms in total. The number of para-hydroxylation sites is 2. The molecule has 102 valence electrons. The molecule has 1 atom stereocenters. The maximum atomic E-state index is 11.8. The summed E-state index contributed by atoms with van der Waals surface area (Å²) in [7, 11) is 0. The highest BCUT2D eigenvalue weighted by Crippen LogP contribution is 2.29. The quantitative estimate of drug-likeness (QED) is 0.685. The molecule has 0 saturated carbocycles.